The first kappa shape index (κ1) is 21.3. The van der Waals surface area contributed by atoms with Gasteiger partial charge in [-0.15, -0.1) is 0 Å². The van der Waals surface area contributed by atoms with E-state index in [1.807, 2.05) is 19.1 Å². The molecule has 0 N–H and O–H groups in total. The van der Waals surface area contributed by atoms with Crippen LogP contribution in [0.5, 0.6) is 0 Å². The van der Waals surface area contributed by atoms with Gasteiger partial charge in [0.15, 0.2) is 11.4 Å². The van der Waals surface area contributed by atoms with Crippen molar-refractivity contribution in [3.63, 3.8) is 0 Å². The fourth-order valence-corrected chi connectivity index (χ4v) is 3.81. The normalized spacial score (nSPS) is 25.9. The van der Waals surface area contributed by atoms with Crippen LogP contribution in [0.1, 0.15) is 47.5 Å². The molecule has 0 unspecified atom stereocenters. The largest absolute Gasteiger partial charge is 0.464 e. The Morgan fingerprint density at radius 2 is 1.93 bits per heavy atom. The van der Waals surface area contributed by atoms with Crippen LogP contribution >= 0.6 is 11.6 Å². The number of rotatable bonds is 6. The third-order valence-corrected chi connectivity index (χ3v) is 6.17. The van der Waals surface area contributed by atoms with Gasteiger partial charge in [0.25, 0.3) is 0 Å². The minimum Gasteiger partial charge on any atom is -0.464 e. The minimum absolute atomic E-state index is 0.0368. The number of hydrogen-bond donors (Lipinski definition) is 0. The van der Waals surface area contributed by atoms with Crippen LogP contribution in [0.3, 0.4) is 0 Å². The fourth-order valence-electron chi connectivity index (χ4n) is 3.47. The molecule has 0 saturated carbocycles. The monoisotopic (exact) mass is 416 g/mol. The van der Waals surface area contributed by atoms with Crippen molar-refractivity contribution in [2.45, 2.75) is 53.1 Å². The van der Waals surface area contributed by atoms with Crippen molar-refractivity contribution in [1.29, 1.82) is 0 Å². The van der Waals surface area contributed by atoms with E-state index in [1.54, 1.807) is 13.0 Å². The molecule has 0 radical (unpaired) electrons. The number of ketones is 2. The van der Waals surface area contributed by atoms with E-state index in [2.05, 4.69) is 13.8 Å². The van der Waals surface area contributed by atoms with E-state index in [4.69, 9.17) is 21.1 Å². The van der Waals surface area contributed by atoms with E-state index in [9.17, 15) is 14.4 Å². The molecule has 154 valence electrons. The molecular formula is C23H25ClO5. The van der Waals surface area contributed by atoms with Gasteiger partial charge >= 0.3 is 5.97 Å². The summed E-state index contributed by atoms with van der Waals surface area (Å²) in [5.74, 6) is -1.15. The van der Waals surface area contributed by atoms with Gasteiger partial charge in [-0.25, -0.2) is 4.79 Å². The third-order valence-electron chi connectivity index (χ3n) is 5.80. The Hall–Kier alpha value is -2.40. The van der Waals surface area contributed by atoms with Gasteiger partial charge in [-0.3, -0.25) is 9.59 Å². The van der Waals surface area contributed by atoms with Gasteiger partial charge in [-0.05, 0) is 31.4 Å². The minimum atomic E-state index is -1.62. The highest BCUT2D eigenvalue weighted by molar-refractivity contribution is 6.46. The summed E-state index contributed by atoms with van der Waals surface area (Å²) in [6.45, 7) is 9.26. The maximum atomic E-state index is 13.0. The Morgan fingerprint density at radius 1 is 1.24 bits per heavy atom. The number of ether oxygens (including phenoxy) is 2. The summed E-state index contributed by atoms with van der Waals surface area (Å²) in [7, 11) is 0. The number of carbonyl (C=O) groups is 3. The van der Waals surface area contributed by atoms with Crippen molar-refractivity contribution in [3.05, 3.63) is 57.6 Å². The lowest BCUT2D eigenvalue weighted by atomic mass is 9.75. The molecule has 2 heterocycles. The summed E-state index contributed by atoms with van der Waals surface area (Å²) in [5.41, 5.74) is -0.581. The number of esters is 1. The number of allylic oxidation sites excluding steroid dienone is 4. The lowest BCUT2D eigenvalue weighted by Gasteiger charge is -2.33. The van der Waals surface area contributed by atoms with Gasteiger partial charge in [-0.1, -0.05) is 51.8 Å². The van der Waals surface area contributed by atoms with E-state index in [1.165, 1.54) is 13.2 Å². The molecule has 0 spiro atoms. The first-order valence-electron chi connectivity index (χ1n) is 9.89. The zero-order valence-corrected chi connectivity index (χ0v) is 18.1. The fraction of sp³-hybridized carbons (Fsp3) is 0.435. The van der Waals surface area contributed by atoms with Gasteiger partial charge in [0.1, 0.15) is 11.3 Å². The number of carbonyl (C=O) groups excluding carboxylic acids is 3. The second-order valence-corrected chi connectivity index (χ2v) is 8.22. The van der Waals surface area contributed by atoms with E-state index in [-0.39, 0.29) is 27.9 Å². The zero-order chi connectivity index (χ0) is 21.5. The van der Waals surface area contributed by atoms with Crippen LogP contribution in [0, 0.1) is 11.8 Å². The van der Waals surface area contributed by atoms with Crippen molar-refractivity contribution in [2.75, 3.05) is 0 Å². The van der Waals surface area contributed by atoms with Crippen LogP contribution in [-0.4, -0.2) is 23.1 Å². The second-order valence-electron chi connectivity index (χ2n) is 7.84. The van der Waals surface area contributed by atoms with E-state index >= 15 is 0 Å². The molecule has 1 aliphatic carbocycles. The van der Waals surface area contributed by atoms with Crippen molar-refractivity contribution < 1.29 is 23.9 Å². The van der Waals surface area contributed by atoms with Crippen LogP contribution in [0.2, 0.25) is 0 Å². The summed E-state index contributed by atoms with van der Waals surface area (Å²) in [6.07, 6.45) is 8.49. The van der Waals surface area contributed by atoms with Gasteiger partial charge in [0.2, 0.25) is 5.78 Å². The van der Waals surface area contributed by atoms with Gasteiger partial charge in [-0.2, -0.15) is 0 Å². The number of halogens is 1. The first-order valence-corrected chi connectivity index (χ1v) is 10.3. The average molecular weight is 417 g/mol. The van der Waals surface area contributed by atoms with Crippen molar-refractivity contribution >= 4 is 29.1 Å². The lowest BCUT2D eigenvalue weighted by Crippen LogP contribution is -2.42. The maximum absolute atomic E-state index is 13.0. The topological polar surface area (TPSA) is 69.7 Å². The smallest absolute Gasteiger partial charge is 0.343 e. The number of fused-ring (bicyclic) bond motifs is 3. The Balaban J connectivity index is 2.15. The van der Waals surface area contributed by atoms with E-state index in [0.717, 1.165) is 6.42 Å². The molecule has 0 aromatic rings. The van der Waals surface area contributed by atoms with Crippen LogP contribution in [0.15, 0.2) is 57.6 Å². The molecule has 2 aliphatic heterocycles. The van der Waals surface area contributed by atoms with E-state index in [0.29, 0.717) is 29.2 Å². The Morgan fingerprint density at radius 3 is 2.55 bits per heavy atom. The summed E-state index contributed by atoms with van der Waals surface area (Å²) >= 11 is 6.38. The molecule has 6 heteroatoms. The summed E-state index contributed by atoms with van der Waals surface area (Å²) in [5, 5.41) is -0.0368. The highest BCUT2D eigenvalue weighted by Crippen LogP contribution is 2.49. The van der Waals surface area contributed by atoms with Crippen LogP contribution in [0.25, 0.3) is 0 Å². The van der Waals surface area contributed by atoms with Gasteiger partial charge < -0.3 is 9.47 Å². The van der Waals surface area contributed by atoms with Crippen LogP contribution in [0.4, 0.5) is 0 Å². The van der Waals surface area contributed by atoms with Crippen LogP contribution < -0.4 is 0 Å². The molecule has 3 atom stereocenters. The third kappa shape index (κ3) is 3.42. The van der Waals surface area contributed by atoms with Crippen molar-refractivity contribution in [2.24, 2.45) is 11.8 Å². The molecular weight excluding hydrogens is 392 g/mol. The Kier molecular flexibility index (Phi) is 5.72. The molecule has 0 aromatic heterocycles. The standard InChI is InChI=1S/C23H25ClO5/c1-6-12(3)8-9-14-10-15-16(11-28-14)18-17(20(25)13(4)7-2)22(27)29-23(18,5)21(26)19(15)24/h8-13H,6-7H2,1-5H3/t12-,13+,23-/m0/s1. The molecule has 0 saturated heterocycles. The van der Waals surface area contributed by atoms with E-state index < -0.39 is 17.4 Å². The molecule has 0 aromatic carbocycles. The lowest BCUT2D eigenvalue weighted by molar-refractivity contribution is -0.153. The number of hydrogen-bond acceptors (Lipinski definition) is 5. The molecule has 0 fully saturated rings. The average Bonchev–Trinajstić information content (AvgIpc) is 3.00. The maximum Gasteiger partial charge on any atom is 0.343 e. The summed E-state index contributed by atoms with van der Waals surface area (Å²) < 4.78 is 11.1. The summed E-state index contributed by atoms with van der Waals surface area (Å²) in [6, 6.07) is 0. The van der Waals surface area contributed by atoms with Gasteiger partial charge in [0.05, 0.1) is 11.3 Å². The predicted octanol–water partition coefficient (Wildman–Crippen LogP) is 4.69. The second kappa shape index (κ2) is 7.79. The quantitative estimate of drug-likeness (QED) is 0.464. The van der Waals surface area contributed by atoms with Crippen molar-refractivity contribution in [1.82, 2.24) is 0 Å². The zero-order valence-electron chi connectivity index (χ0n) is 17.3. The molecule has 0 bridgehead atoms. The SMILES string of the molecule is CC[C@H](C)C=CC1=CC2=C(Cl)C(=O)[C@@]3(C)OC(=O)C(C(=O)[C@H](C)CC)=C3C2=CO1. The molecule has 0 amide bonds. The summed E-state index contributed by atoms with van der Waals surface area (Å²) in [4.78, 5) is 38.5. The highest BCUT2D eigenvalue weighted by atomic mass is 35.5. The first-order chi connectivity index (χ1) is 13.7. The number of Topliss-reactive ketones (excluding diaryl/α,β-unsaturated/α-hetero) is 2. The van der Waals surface area contributed by atoms with Crippen LogP contribution in [-0.2, 0) is 23.9 Å². The highest BCUT2D eigenvalue weighted by Gasteiger charge is 2.57. The van der Waals surface area contributed by atoms with Crippen molar-refractivity contribution in [3.8, 4) is 0 Å². The molecule has 29 heavy (non-hydrogen) atoms. The predicted molar refractivity (Wildman–Crippen MR) is 110 cm³/mol. The molecule has 3 rings (SSSR count). The Labute approximate surface area is 175 Å². The molecule has 3 aliphatic rings. The molecule has 5 nitrogen and oxygen atoms in total. The Bertz CT molecular complexity index is 946. The van der Waals surface area contributed by atoms with Gasteiger partial charge in [0, 0.05) is 22.6 Å².